The van der Waals surface area contributed by atoms with Gasteiger partial charge in [-0.2, -0.15) is 0 Å². The van der Waals surface area contributed by atoms with E-state index < -0.39 is 0 Å². The van der Waals surface area contributed by atoms with Crippen molar-refractivity contribution in [3.63, 3.8) is 0 Å². The van der Waals surface area contributed by atoms with Gasteiger partial charge in [-0.1, -0.05) is 20.8 Å². The molecule has 1 atom stereocenters. The van der Waals surface area contributed by atoms with Crippen molar-refractivity contribution >= 4 is 0 Å². The quantitative estimate of drug-likeness (QED) is 0.804. The Morgan fingerprint density at radius 3 is 2.93 bits per heavy atom. The number of hydrogen-bond donors (Lipinski definition) is 1. The van der Waals surface area contributed by atoms with Gasteiger partial charge in [0, 0.05) is 24.5 Å². The zero-order valence-corrected chi connectivity index (χ0v) is 9.95. The predicted molar refractivity (Wildman–Crippen MR) is 61.9 cm³/mol. The first-order chi connectivity index (χ1) is 7.06. The van der Waals surface area contributed by atoms with Crippen LogP contribution in [0.15, 0.2) is 12.5 Å². The Kier molecular flexibility index (Phi) is 2.83. The monoisotopic (exact) mass is 207 g/mol. The van der Waals surface area contributed by atoms with Crippen molar-refractivity contribution in [2.45, 2.75) is 39.7 Å². The lowest BCUT2D eigenvalue weighted by atomic mass is 9.90. The Morgan fingerprint density at radius 2 is 2.33 bits per heavy atom. The second kappa shape index (κ2) is 3.97. The van der Waals surface area contributed by atoms with Gasteiger partial charge in [0.05, 0.1) is 6.33 Å². The lowest BCUT2D eigenvalue weighted by Crippen LogP contribution is -2.18. The molecule has 3 nitrogen and oxygen atoms in total. The normalized spacial score (nSPS) is 22.2. The molecule has 0 radical (unpaired) electrons. The average Bonchev–Trinajstić information content (AvgIpc) is 2.68. The van der Waals surface area contributed by atoms with Gasteiger partial charge in [0.2, 0.25) is 0 Å². The highest BCUT2D eigenvalue weighted by Crippen LogP contribution is 2.24. The van der Waals surface area contributed by atoms with E-state index in [4.69, 9.17) is 0 Å². The number of imidazole rings is 1. The summed E-state index contributed by atoms with van der Waals surface area (Å²) in [5.41, 5.74) is 1.71. The van der Waals surface area contributed by atoms with E-state index in [1.165, 1.54) is 12.1 Å². The van der Waals surface area contributed by atoms with Crippen molar-refractivity contribution in [3.05, 3.63) is 18.2 Å². The summed E-state index contributed by atoms with van der Waals surface area (Å²) < 4.78 is 2.35. The van der Waals surface area contributed by atoms with Gasteiger partial charge in [-0.05, 0) is 24.8 Å². The maximum atomic E-state index is 4.29. The second-order valence-electron chi connectivity index (χ2n) is 5.68. The van der Waals surface area contributed by atoms with Gasteiger partial charge in [0.1, 0.15) is 0 Å². The SMILES string of the molecule is CC(C)(C)Cc1cncn1C1CCNC1. The van der Waals surface area contributed by atoms with Crippen LogP contribution in [0.4, 0.5) is 0 Å². The van der Waals surface area contributed by atoms with Gasteiger partial charge in [-0.3, -0.25) is 0 Å². The Bertz CT molecular complexity index is 316. The standard InChI is InChI=1S/C12H21N3/c1-12(2,3)6-11-8-14-9-15(11)10-4-5-13-7-10/h8-10,13H,4-7H2,1-3H3. The molecular weight excluding hydrogens is 186 g/mol. The molecule has 0 saturated carbocycles. The highest BCUT2D eigenvalue weighted by molar-refractivity contribution is 5.04. The molecule has 15 heavy (non-hydrogen) atoms. The van der Waals surface area contributed by atoms with Gasteiger partial charge in [-0.25, -0.2) is 4.98 Å². The fourth-order valence-corrected chi connectivity index (χ4v) is 2.22. The molecule has 1 fully saturated rings. The van der Waals surface area contributed by atoms with E-state index in [-0.39, 0.29) is 0 Å². The van der Waals surface area contributed by atoms with E-state index >= 15 is 0 Å². The number of rotatable bonds is 2. The number of aromatic nitrogens is 2. The average molecular weight is 207 g/mol. The smallest absolute Gasteiger partial charge is 0.0951 e. The van der Waals surface area contributed by atoms with Crippen molar-refractivity contribution in [2.24, 2.45) is 5.41 Å². The lowest BCUT2D eigenvalue weighted by molar-refractivity contribution is 0.389. The molecule has 0 spiro atoms. The number of nitrogens with one attached hydrogen (secondary N) is 1. The molecule has 0 bridgehead atoms. The van der Waals surface area contributed by atoms with E-state index in [0.29, 0.717) is 11.5 Å². The van der Waals surface area contributed by atoms with Gasteiger partial charge in [0.25, 0.3) is 0 Å². The first-order valence-corrected chi connectivity index (χ1v) is 5.78. The Labute approximate surface area is 91.9 Å². The third-order valence-corrected chi connectivity index (χ3v) is 2.89. The van der Waals surface area contributed by atoms with Crippen molar-refractivity contribution in [3.8, 4) is 0 Å². The first kappa shape index (κ1) is 10.7. The molecule has 2 heterocycles. The van der Waals surface area contributed by atoms with Crippen LogP contribution in [0.2, 0.25) is 0 Å². The van der Waals surface area contributed by atoms with Crippen LogP contribution in [0.1, 0.15) is 38.9 Å². The fourth-order valence-electron chi connectivity index (χ4n) is 2.22. The van der Waals surface area contributed by atoms with Crippen LogP contribution in [0, 0.1) is 5.41 Å². The van der Waals surface area contributed by atoms with E-state index in [1.807, 2.05) is 12.5 Å². The summed E-state index contributed by atoms with van der Waals surface area (Å²) in [4.78, 5) is 4.29. The summed E-state index contributed by atoms with van der Waals surface area (Å²) in [5.74, 6) is 0. The molecule has 0 amide bonds. The van der Waals surface area contributed by atoms with Crippen LogP contribution < -0.4 is 5.32 Å². The van der Waals surface area contributed by atoms with Crippen LogP contribution in [0.3, 0.4) is 0 Å². The molecular formula is C12H21N3. The molecule has 2 rings (SSSR count). The Hall–Kier alpha value is -0.830. The van der Waals surface area contributed by atoms with Gasteiger partial charge < -0.3 is 9.88 Å². The van der Waals surface area contributed by atoms with Crippen LogP contribution in [0.5, 0.6) is 0 Å². The number of nitrogens with zero attached hydrogens (tertiary/aromatic N) is 2. The summed E-state index contributed by atoms with van der Waals surface area (Å²) in [6, 6.07) is 0.616. The first-order valence-electron chi connectivity index (χ1n) is 5.78. The molecule has 1 aliphatic rings. The van der Waals surface area contributed by atoms with Crippen molar-refractivity contribution in [2.75, 3.05) is 13.1 Å². The summed E-state index contributed by atoms with van der Waals surface area (Å²) >= 11 is 0. The maximum absolute atomic E-state index is 4.29. The van der Waals surface area contributed by atoms with E-state index in [2.05, 4.69) is 35.6 Å². The van der Waals surface area contributed by atoms with Gasteiger partial charge in [-0.15, -0.1) is 0 Å². The third kappa shape index (κ3) is 2.59. The molecule has 1 unspecified atom stereocenters. The van der Waals surface area contributed by atoms with Crippen molar-refractivity contribution in [1.82, 2.24) is 14.9 Å². The molecule has 3 heteroatoms. The highest BCUT2D eigenvalue weighted by Gasteiger charge is 2.21. The zero-order chi connectivity index (χ0) is 10.9. The molecule has 0 aliphatic carbocycles. The molecule has 1 aromatic rings. The topological polar surface area (TPSA) is 29.9 Å². The predicted octanol–water partition coefficient (Wildman–Crippen LogP) is 2.01. The zero-order valence-electron chi connectivity index (χ0n) is 9.95. The van der Waals surface area contributed by atoms with Crippen LogP contribution in [-0.2, 0) is 6.42 Å². The van der Waals surface area contributed by atoms with Crippen molar-refractivity contribution in [1.29, 1.82) is 0 Å². The fraction of sp³-hybridized carbons (Fsp3) is 0.750. The summed E-state index contributed by atoms with van der Waals surface area (Å²) in [6.07, 6.45) is 6.33. The minimum atomic E-state index is 0.337. The molecule has 1 saturated heterocycles. The Balaban J connectivity index is 2.14. The molecule has 1 aliphatic heterocycles. The van der Waals surface area contributed by atoms with E-state index in [0.717, 1.165) is 19.5 Å². The second-order valence-corrected chi connectivity index (χ2v) is 5.68. The van der Waals surface area contributed by atoms with Crippen LogP contribution in [-0.4, -0.2) is 22.6 Å². The minimum absolute atomic E-state index is 0.337. The molecule has 0 aromatic carbocycles. The Morgan fingerprint density at radius 1 is 1.53 bits per heavy atom. The largest absolute Gasteiger partial charge is 0.330 e. The highest BCUT2D eigenvalue weighted by atomic mass is 15.1. The van der Waals surface area contributed by atoms with Gasteiger partial charge in [0.15, 0.2) is 0 Å². The van der Waals surface area contributed by atoms with Crippen LogP contribution >= 0.6 is 0 Å². The minimum Gasteiger partial charge on any atom is -0.330 e. The molecule has 1 N–H and O–H groups in total. The molecule has 1 aromatic heterocycles. The van der Waals surface area contributed by atoms with E-state index in [1.54, 1.807) is 0 Å². The van der Waals surface area contributed by atoms with Crippen LogP contribution in [0.25, 0.3) is 0 Å². The summed E-state index contributed by atoms with van der Waals surface area (Å²) in [7, 11) is 0. The van der Waals surface area contributed by atoms with Gasteiger partial charge >= 0.3 is 0 Å². The molecule has 84 valence electrons. The van der Waals surface area contributed by atoms with Crippen molar-refractivity contribution < 1.29 is 0 Å². The number of hydrogen-bond acceptors (Lipinski definition) is 2. The summed E-state index contributed by atoms with van der Waals surface area (Å²) in [6.45, 7) is 9.05. The summed E-state index contributed by atoms with van der Waals surface area (Å²) in [5, 5.41) is 3.40. The maximum Gasteiger partial charge on any atom is 0.0951 e. The lowest BCUT2D eigenvalue weighted by Gasteiger charge is -2.21. The third-order valence-electron chi connectivity index (χ3n) is 2.89. The van der Waals surface area contributed by atoms with E-state index in [9.17, 15) is 0 Å².